The maximum absolute atomic E-state index is 12.9. The number of hydrogen-bond acceptors (Lipinski definition) is 4. The maximum atomic E-state index is 12.9. The molecule has 4 amide bonds. The summed E-state index contributed by atoms with van der Waals surface area (Å²) in [6.07, 6.45) is 0.925. The SMILES string of the molecule is CCC[n+]1c(C)c(C)n2c1N=C1C2C(=O)N(CC(N)=O)C(=O)N1C. The Kier molecular flexibility index (Phi) is 3.66. The van der Waals surface area contributed by atoms with E-state index in [-0.39, 0.29) is 0 Å². The Bertz CT molecular complexity index is 794. The van der Waals surface area contributed by atoms with Crippen LogP contribution in [0.25, 0.3) is 0 Å². The van der Waals surface area contributed by atoms with Crippen LogP contribution in [0.15, 0.2) is 4.99 Å². The van der Waals surface area contributed by atoms with Gasteiger partial charge in [-0.2, -0.15) is 0 Å². The molecule has 3 rings (SSSR count). The van der Waals surface area contributed by atoms with Crippen LogP contribution in [0, 0.1) is 13.8 Å². The minimum atomic E-state index is -0.737. The summed E-state index contributed by atoms with van der Waals surface area (Å²) >= 11 is 0. The summed E-state index contributed by atoms with van der Waals surface area (Å²) in [6.45, 7) is 6.31. The Labute approximate surface area is 139 Å². The molecule has 1 aromatic rings. The van der Waals surface area contributed by atoms with Crippen LogP contribution in [0.5, 0.6) is 0 Å². The maximum Gasteiger partial charge on any atom is 0.402 e. The number of amidine groups is 1. The van der Waals surface area contributed by atoms with Gasteiger partial charge in [0.05, 0.1) is 6.54 Å². The van der Waals surface area contributed by atoms with Crippen molar-refractivity contribution >= 4 is 29.6 Å². The minimum absolute atomic E-state index is 0.383. The number of primary amides is 1. The van der Waals surface area contributed by atoms with Gasteiger partial charge in [-0.15, -0.1) is 0 Å². The average molecular weight is 333 g/mol. The third kappa shape index (κ3) is 2.04. The zero-order valence-corrected chi connectivity index (χ0v) is 14.2. The highest BCUT2D eigenvalue weighted by Gasteiger charge is 2.54. The second-order valence-corrected chi connectivity index (χ2v) is 6.10. The highest BCUT2D eigenvalue weighted by Crippen LogP contribution is 2.35. The van der Waals surface area contributed by atoms with Gasteiger partial charge >= 0.3 is 12.0 Å². The summed E-state index contributed by atoms with van der Waals surface area (Å²) in [5, 5.41) is 0. The summed E-state index contributed by atoms with van der Waals surface area (Å²) in [4.78, 5) is 43.2. The van der Waals surface area contributed by atoms with Crippen molar-refractivity contribution in [2.24, 2.45) is 10.7 Å². The average Bonchev–Trinajstić information content (AvgIpc) is 3.02. The van der Waals surface area contributed by atoms with Crippen molar-refractivity contribution in [1.29, 1.82) is 0 Å². The molecule has 128 valence electrons. The first kappa shape index (κ1) is 16.2. The summed E-state index contributed by atoms with van der Waals surface area (Å²) in [7, 11) is 1.55. The summed E-state index contributed by atoms with van der Waals surface area (Å²) in [5.74, 6) is -0.171. The number of rotatable bonds is 4. The van der Waals surface area contributed by atoms with Crippen LogP contribution < -0.4 is 10.3 Å². The molecule has 9 nitrogen and oxygen atoms in total. The van der Waals surface area contributed by atoms with Crippen LogP contribution in [0.1, 0.15) is 30.8 Å². The van der Waals surface area contributed by atoms with Gasteiger partial charge in [-0.1, -0.05) is 11.9 Å². The second kappa shape index (κ2) is 5.43. The number of nitrogens with two attached hydrogens (primary N) is 1. The normalized spacial score (nSPS) is 19.5. The first-order valence-electron chi connectivity index (χ1n) is 7.86. The van der Waals surface area contributed by atoms with E-state index in [0.29, 0.717) is 11.8 Å². The highest BCUT2D eigenvalue weighted by molar-refractivity contribution is 6.21. The zero-order valence-electron chi connectivity index (χ0n) is 14.2. The van der Waals surface area contributed by atoms with E-state index in [4.69, 9.17) is 5.73 Å². The predicted molar refractivity (Wildman–Crippen MR) is 84.6 cm³/mol. The summed E-state index contributed by atoms with van der Waals surface area (Å²) in [5.41, 5.74) is 7.12. The number of aromatic nitrogens is 2. The van der Waals surface area contributed by atoms with Crippen LogP contribution in [-0.4, -0.2) is 51.6 Å². The molecule has 2 aliphatic rings. The molecule has 0 spiro atoms. The monoisotopic (exact) mass is 333 g/mol. The minimum Gasteiger partial charge on any atom is -0.368 e. The number of nitrogens with zero attached hydrogens (tertiary/aromatic N) is 5. The Morgan fingerprint density at radius 1 is 1.33 bits per heavy atom. The van der Waals surface area contributed by atoms with E-state index in [0.717, 1.165) is 29.3 Å². The molecule has 0 aliphatic carbocycles. The number of likely N-dealkylation sites (N-methyl/N-ethyl adjacent to an activating group) is 1. The van der Waals surface area contributed by atoms with Crippen LogP contribution in [-0.2, 0) is 16.1 Å². The van der Waals surface area contributed by atoms with Gasteiger partial charge in [0.2, 0.25) is 17.8 Å². The molecule has 9 heteroatoms. The van der Waals surface area contributed by atoms with E-state index in [1.54, 1.807) is 7.05 Å². The number of hydrogen-bond donors (Lipinski definition) is 1. The molecular weight excluding hydrogens is 312 g/mol. The third-order valence-electron chi connectivity index (χ3n) is 4.59. The van der Waals surface area contributed by atoms with Gasteiger partial charge in [0.1, 0.15) is 17.9 Å². The summed E-state index contributed by atoms with van der Waals surface area (Å²) in [6, 6.07) is -1.32. The Morgan fingerprint density at radius 3 is 2.58 bits per heavy atom. The number of imide groups is 1. The molecule has 0 saturated carbocycles. The van der Waals surface area contributed by atoms with Gasteiger partial charge in [-0.3, -0.25) is 19.4 Å². The Hall–Kier alpha value is -2.71. The quantitative estimate of drug-likeness (QED) is 0.769. The fourth-order valence-corrected chi connectivity index (χ4v) is 3.30. The number of aliphatic imine (C=N–C) groups is 1. The van der Waals surface area contributed by atoms with E-state index in [2.05, 4.69) is 11.9 Å². The van der Waals surface area contributed by atoms with Crippen molar-refractivity contribution < 1.29 is 19.0 Å². The van der Waals surface area contributed by atoms with Gasteiger partial charge in [0.25, 0.3) is 5.91 Å². The number of imidazole rings is 1. The lowest BCUT2D eigenvalue weighted by molar-refractivity contribution is -0.689. The number of carbonyl (C=O) groups excluding carboxylic acids is 3. The molecule has 0 aromatic carbocycles. The second-order valence-electron chi connectivity index (χ2n) is 6.10. The van der Waals surface area contributed by atoms with Crippen LogP contribution in [0.2, 0.25) is 0 Å². The number of fused-ring (bicyclic) bond motifs is 3. The van der Waals surface area contributed by atoms with Crippen molar-refractivity contribution in [3.63, 3.8) is 0 Å². The molecule has 0 bridgehead atoms. The summed E-state index contributed by atoms with van der Waals surface area (Å²) < 4.78 is 3.88. The highest BCUT2D eigenvalue weighted by atomic mass is 16.2. The number of urea groups is 1. The van der Waals surface area contributed by atoms with Gasteiger partial charge in [0.15, 0.2) is 0 Å². The molecule has 2 aliphatic heterocycles. The zero-order chi connectivity index (χ0) is 17.8. The lowest BCUT2D eigenvalue weighted by atomic mass is 10.1. The van der Waals surface area contributed by atoms with Gasteiger partial charge < -0.3 is 5.73 Å². The predicted octanol–water partition coefficient (Wildman–Crippen LogP) is -0.234. The van der Waals surface area contributed by atoms with Crippen LogP contribution >= 0.6 is 0 Å². The van der Waals surface area contributed by atoms with Crippen LogP contribution in [0.4, 0.5) is 10.7 Å². The first-order chi connectivity index (χ1) is 11.3. The number of amides is 4. The molecule has 1 atom stereocenters. The molecule has 3 heterocycles. The largest absolute Gasteiger partial charge is 0.402 e. The number of carbonyl (C=O) groups is 3. The van der Waals surface area contributed by atoms with E-state index < -0.39 is 30.4 Å². The topological polar surface area (TPSA) is 105 Å². The first-order valence-corrected chi connectivity index (χ1v) is 7.86. The fraction of sp³-hybridized carbons (Fsp3) is 0.533. The fourth-order valence-electron chi connectivity index (χ4n) is 3.30. The lowest BCUT2D eigenvalue weighted by Crippen LogP contribution is -2.59. The standard InChI is InChI=1S/C15H20N6O3/c1-5-6-19-8(2)9(3)21-11-12(17-14(19)21)18(4)15(24)20(13(11)23)7-10(16)22/h11H,5-7H2,1-4H3,(H-,16,22)/p+1. The van der Waals surface area contributed by atoms with Crippen molar-refractivity contribution in [2.45, 2.75) is 39.8 Å². The molecule has 1 saturated heterocycles. The Balaban J connectivity index is 2.13. The smallest absolute Gasteiger partial charge is 0.368 e. The van der Waals surface area contributed by atoms with E-state index in [9.17, 15) is 14.4 Å². The van der Waals surface area contributed by atoms with Crippen molar-refractivity contribution in [2.75, 3.05) is 13.6 Å². The molecule has 2 N–H and O–H groups in total. The van der Waals surface area contributed by atoms with Crippen molar-refractivity contribution in [3.05, 3.63) is 11.4 Å². The third-order valence-corrected chi connectivity index (χ3v) is 4.59. The molecule has 1 unspecified atom stereocenters. The molecule has 24 heavy (non-hydrogen) atoms. The lowest BCUT2D eigenvalue weighted by Gasteiger charge is -2.32. The molecule has 1 aromatic heterocycles. The molecule has 1 fully saturated rings. The van der Waals surface area contributed by atoms with E-state index in [1.165, 1.54) is 4.90 Å². The van der Waals surface area contributed by atoms with E-state index >= 15 is 0 Å². The van der Waals surface area contributed by atoms with Gasteiger partial charge in [-0.25, -0.2) is 13.9 Å². The molecular formula is C15H21N6O3+. The van der Waals surface area contributed by atoms with Gasteiger partial charge in [0, 0.05) is 7.05 Å². The molecule has 0 radical (unpaired) electrons. The van der Waals surface area contributed by atoms with Crippen LogP contribution in [0.3, 0.4) is 0 Å². The van der Waals surface area contributed by atoms with Gasteiger partial charge in [-0.05, 0) is 20.3 Å². The van der Waals surface area contributed by atoms with Crippen molar-refractivity contribution in [3.8, 4) is 0 Å². The Morgan fingerprint density at radius 2 is 2.00 bits per heavy atom. The van der Waals surface area contributed by atoms with Crippen molar-refractivity contribution in [1.82, 2.24) is 14.4 Å². The van der Waals surface area contributed by atoms with E-state index in [1.807, 2.05) is 23.0 Å².